The molecule has 0 amide bonds. The zero-order valence-electron chi connectivity index (χ0n) is 8.33. The van der Waals surface area contributed by atoms with Gasteiger partial charge in [0.2, 0.25) is 0 Å². The number of allylic oxidation sites excluding steroid dienone is 2. The number of nitrogens with one attached hydrogen (secondary N) is 1. The van der Waals surface area contributed by atoms with Crippen molar-refractivity contribution < 1.29 is 9.90 Å². The van der Waals surface area contributed by atoms with E-state index in [1.165, 1.54) is 11.3 Å². The van der Waals surface area contributed by atoms with E-state index in [1.807, 2.05) is 6.08 Å². The van der Waals surface area contributed by atoms with E-state index < -0.39 is 5.97 Å². The molecule has 1 aliphatic rings. The molecule has 0 aliphatic carbocycles. The number of hydrogen-bond donors (Lipinski definition) is 2. The van der Waals surface area contributed by atoms with Crippen LogP contribution >= 0.6 is 11.3 Å². The van der Waals surface area contributed by atoms with Crippen molar-refractivity contribution >= 4 is 22.9 Å². The minimum Gasteiger partial charge on any atom is -0.481 e. The van der Waals surface area contributed by atoms with Gasteiger partial charge in [0, 0.05) is 24.5 Å². The van der Waals surface area contributed by atoms with Crippen molar-refractivity contribution in [3.8, 4) is 0 Å². The van der Waals surface area contributed by atoms with Gasteiger partial charge in [0.1, 0.15) is 10.5 Å². The molecule has 2 heterocycles. The van der Waals surface area contributed by atoms with Gasteiger partial charge in [-0.25, -0.2) is 0 Å². The highest BCUT2D eigenvalue weighted by Crippen LogP contribution is 2.18. The first-order valence-electron chi connectivity index (χ1n) is 4.65. The molecule has 2 N–H and O–H groups in total. The van der Waals surface area contributed by atoms with Crippen molar-refractivity contribution in [2.75, 3.05) is 6.54 Å². The number of carboxylic acids is 1. The summed E-state index contributed by atoms with van der Waals surface area (Å²) in [6.07, 6.45) is 5.54. The van der Waals surface area contributed by atoms with Gasteiger partial charge in [-0.15, -0.1) is 10.2 Å². The fraction of sp³-hybridized carbons (Fsp3) is 0.222. The number of carbonyl (C=O) groups is 1. The number of nitrogens with zero attached hydrogens (tertiary/aromatic N) is 3. The molecule has 84 valence electrons. The smallest absolute Gasteiger partial charge is 0.305 e. The van der Waals surface area contributed by atoms with Crippen LogP contribution in [-0.4, -0.2) is 32.8 Å². The minimum absolute atomic E-state index is 0.0965. The maximum atomic E-state index is 10.4. The van der Waals surface area contributed by atoms with Gasteiger partial charge in [-0.1, -0.05) is 11.3 Å². The molecular formula is C9H10N4O2S. The number of carboxylic acid groups (broad SMARTS) is 1. The van der Waals surface area contributed by atoms with E-state index in [0.717, 1.165) is 10.6 Å². The molecule has 0 spiro atoms. The second-order valence-electron chi connectivity index (χ2n) is 3.13. The van der Waals surface area contributed by atoms with Gasteiger partial charge in [-0.05, 0) is 6.08 Å². The van der Waals surface area contributed by atoms with Crippen LogP contribution in [0.15, 0.2) is 24.0 Å². The number of aliphatic carboxylic acids is 1. The van der Waals surface area contributed by atoms with Gasteiger partial charge < -0.3 is 10.5 Å². The summed E-state index contributed by atoms with van der Waals surface area (Å²) in [5.41, 5.74) is 5.58. The summed E-state index contributed by atoms with van der Waals surface area (Å²) >= 11 is 1.45. The Morgan fingerprint density at radius 3 is 3.06 bits per heavy atom. The van der Waals surface area contributed by atoms with E-state index in [1.54, 1.807) is 22.9 Å². The fourth-order valence-electron chi connectivity index (χ4n) is 1.20. The lowest BCUT2D eigenvalue weighted by atomic mass is 10.3. The molecule has 0 bridgehead atoms. The Hall–Kier alpha value is -1.89. The summed E-state index contributed by atoms with van der Waals surface area (Å²) in [4.78, 5) is 10.4. The molecule has 7 heteroatoms. The summed E-state index contributed by atoms with van der Waals surface area (Å²) < 4.78 is 0. The van der Waals surface area contributed by atoms with Gasteiger partial charge in [0.15, 0.2) is 0 Å². The Labute approximate surface area is 95.9 Å². The van der Waals surface area contributed by atoms with E-state index in [-0.39, 0.29) is 6.42 Å². The number of hydrogen-bond acceptors (Lipinski definition) is 6. The van der Waals surface area contributed by atoms with Crippen LogP contribution in [0.5, 0.6) is 0 Å². The normalized spacial score (nSPS) is 14.5. The van der Waals surface area contributed by atoms with Crippen LogP contribution in [0.3, 0.4) is 0 Å². The van der Waals surface area contributed by atoms with Crippen LogP contribution < -0.4 is 5.43 Å². The molecule has 1 aromatic heterocycles. The molecule has 0 atom stereocenters. The summed E-state index contributed by atoms with van der Waals surface area (Å²) in [5.74, 6) is -0.811. The van der Waals surface area contributed by atoms with Crippen molar-refractivity contribution in [3.05, 3.63) is 29.0 Å². The third-order valence-corrected chi connectivity index (χ3v) is 2.73. The van der Waals surface area contributed by atoms with Gasteiger partial charge in [0.05, 0.1) is 6.42 Å². The quantitative estimate of drug-likeness (QED) is 0.803. The van der Waals surface area contributed by atoms with E-state index in [4.69, 9.17) is 5.11 Å². The second kappa shape index (κ2) is 4.75. The highest BCUT2D eigenvalue weighted by molar-refractivity contribution is 7.10. The van der Waals surface area contributed by atoms with Crippen molar-refractivity contribution in [3.63, 3.8) is 0 Å². The van der Waals surface area contributed by atoms with Crippen molar-refractivity contribution in [2.45, 2.75) is 6.42 Å². The number of hydrazine groups is 1. The topological polar surface area (TPSA) is 78.3 Å². The Morgan fingerprint density at radius 2 is 2.50 bits per heavy atom. The SMILES string of the molecule is O=C(O)CCN1C=CC(c2nncs2)=CN1. The maximum Gasteiger partial charge on any atom is 0.305 e. The zero-order chi connectivity index (χ0) is 11.4. The highest BCUT2D eigenvalue weighted by atomic mass is 32.1. The lowest BCUT2D eigenvalue weighted by Crippen LogP contribution is -2.33. The van der Waals surface area contributed by atoms with Crippen LogP contribution in [0, 0.1) is 0 Å². The number of aromatic nitrogens is 2. The second-order valence-corrected chi connectivity index (χ2v) is 3.96. The first-order valence-corrected chi connectivity index (χ1v) is 5.53. The first kappa shape index (κ1) is 10.6. The van der Waals surface area contributed by atoms with E-state index >= 15 is 0 Å². The molecular weight excluding hydrogens is 228 g/mol. The average molecular weight is 238 g/mol. The van der Waals surface area contributed by atoms with E-state index in [9.17, 15) is 4.79 Å². The molecule has 16 heavy (non-hydrogen) atoms. The number of rotatable bonds is 4. The third kappa shape index (κ3) is 2.57. The Kier molecular flexibility index (Phi) is 3.16. The molecule has 6 nitrogen and oxygen atoms in total. The van der Waals surface area contributed by atoms with E-state index in [0.29, 0.717) is 6.54 Å². The van der Waals surface area contributed by atoms with Crippen LogP contribution in [0.25, 0.3) is 5.57 Å². The summed E-state index contributed by atoms with van der Waals surface area (Å²) in [6, 6.07) is 0. The van der Waals surface area contributed by atoms with Crippen molar-refractivity contribution in [1.82, 2.24) is 20.6 Å². The van der Waals surface area contributed by atoms with Crippen LogP contribution in [0.1, 0.15) is 11.4 Å². The van der Waals surface area contributed by atoms with Gasteiger partial charge in [-0.2, -0.15) is 0 Å². The zero-order valence-corrected chi connectivity index (χ0v) is 9.15. The molecule has 0 radical (unpaired) electrons. The minimum atomic E-state index is -0.811. The highest BCUT2D eigenvalue weighted by Gasteiger charge is 2.09. The molecule has 0 aromatic carbocycles. The third-order valence-electron chi connectivity index (χ3n) is 1.99. The standard InChI is InChI=1S/C9H10N4O2S/c14-8(15)2-4-13-3-1-7(5-11-13)9-12-10-6-16-9/h1,3,5-6,11H,2,4H2,(H,14,15). The Balaban J connectivity index is 1.91. The average Bonchev–Trinajstić information content (AvgIpc) is 2.80. The first-order chi connectivity index (χ1) is 7.75. The summed E-state index contributed by atoms with van der Waals surface area (Å²) in [5, 5.41) is 18.8. The molecule has 2 rings (SSSR count). The Morgan fingerprint density at radius 1 is 1.62 bits per heavy atom. The molecule has 0 saturated heterocycles. The summed E-state index contributed by atoms with van der Waals surface area (Å²) in [7, 11) is 0. The van der Waals surface area contributed by atoms with Crippen LogP contribution in [-0.2, 0) is 4.79 Å². The van der Waals surface area contributed by atoms with Gasteiger partial charge >= 0.3 is 5.97 Å². The molecule has 1 aromatic rings. The molecule has 0 fully saturated rings. The van der Waals surface area contributed by atoms with E-state index in [2.05, 4.69) is 15.6 Å². The van der Waals surface area contributed by atoms with Crippen molar-refractivity contribution in [1.29, 1.82) is 0 Å². The molecule has 0 unspecified atom stereocenters. The fourth-order valence-corrected chi connectivity index (χ4v) is 1.75. The monoisotopic (exact) mass is 238 g/mol. The van der Waals surface area contributed by atoms with Crippen molar-refractivity contribution in [2.24, 2.45) is 0 Å². The van der Waals surface area contributed by atoms with Crippen LogP contribution in [0.4, 0.5) is 0 Å². The lowest BCUT2D eigenvalue weighted by Gasteiger charge is -2.22. The lowest BCUT2D eigenvalue weighted by molar-refractivity contribution is -0.137. The maximum absolute atomic E-state index is 10.4. The summed E-state index contributed by atoms with van der Waals surface area (Å²) in [6.45, 7) is 0.422. The predicted molar refractivity (Wildman–Crippen MR) is 59.1 cm³/mol. The van der Waals surface area contributed by atoms with Crippen LogP contribution in [0.2, 0.25) is 0 Å². The van der Waals surface area contributed by atoms with Gasteiger partial charge in [-0.3, -0.25) is 9.80 Å². The van der Waals surface area contributed by atoms with Gasteiger partial charge in [0.25, 0.3) is 0 Å². The molecule has 1 aliphatic heterocycles. The molecule has 0 saturated carbocycles. The largest absolute Gasteiger partial charge is 0.481 e. The predicted octanol–water partition coefficient (Wildman–Crippen LogP) is 0.688. The Bertz CT molecular complexity index is 427.